The van der Waals surface area contributed by atoms with E-state index in [9.17, 15) is 0 Å². The standard InChI is InChI=1S/C7H12ClN/c1-4-7(3)9-5-6(2)8/h5H,4H2,1-3H3/b6-5+,9-7?. The van der Waals surface area contributed by atoms with Gasteiger partial charge < -0.3 is 0 Å². The summed E-state index contributed by atoms with van der Waals surface area (Å²) in [6.07, 6.45) is 2.65. The Morgan fingerprint density at radius 1 is 1.56 bits per heavy atom. The molecule has 0 radical (unpaired) electrons. The Morgan fingerprint density at radius 3 is 2.44 bits per heavy atom. The van der Waals surface area contributed by atoms with E-state index in [-0.39, 0.29) is 0 Å². The summed E-state index contributed by atoms with van der Waals surface area (Å²) in [5, 5.41) is 0.725. The molecule has 0 saturated carbocycles. The summed E-state index contributed by atoms with van der Waals surface area (Å²) in [5.41, 5.74) is 1.11. The highest BCUT2D eigenvalue weighted by Gasteiger charge is 1.80. The second-order valence-corrected chi connectivity index (χ2v) is 2.53. The first-order valence-corrected chi connectivity index (χ1v) is 3.40. The van der Waals surface area contributed by atoms with Crippen LogP contribution in [0.15, 0.2) is 16.2 Å². The lowest BCUT2D eigenvalue weighted by molar-refractivity contribution is 1.25. The van der Waals surface area contributed by atoms with E-state index in [1.54, 1.807) is 6.20 Å². The zero-order valence-corrected chi connectivity index (χ0v) is 6.87. The van der Waals surface area contributed by atoms with Gasteiger partial charge in [0.15, 0.2) is 0 Å². The van der Waals surface area contributed by atoms with Crippen molar-refractivity contribution in [2.24, 2.45) is 4.99 Å². The average molecular weight is 146 g/mol. The zero-order chi connectivity index (χ0) is 7.28. The molecule has 0 aliphatic carbocycles. The monoisotopic (exact) mass is 145 g/mol. The van der Waals surface area contributed by atoms with Crippen molar-refractivity contribution in [1.82, 2.24) is 0 Å². The molecule has 0 unspecified atom stereocenters. The predicted octanol–water partition coefficient (Wildman–Crippen LogP) is 2.96. The Balaban J connectivity index is 3.83. The molecule has 0 aliphatic heterocycles. The molecule has 0 spiro atoms. The molecule has 0 amide bonds. The second-order valence-electron chi connectivity index (χ2n) is 1.93. The average Bonchev–Trinajstić information content (AvgIpc) is 1.83. The molecule has 0 atom stereocenters. The summed E-state index contributed by atoms with van der Waals surface area (Å²) in [6.45, 7) is 5.86. The van der Waals surface area contributed by atoms with Crippen LogP contribution in [0.1, 0.15) is 27.2 Å². The number of halogens is 1. The van der Waals surface area contributed by atoms with Crippen molar-refractivity contribution in [3.05, 3.63) is 11.2 Å². The number of allylic oxidation sites excluding steroid dienone is 1. The first kappa shape index (κ1) is 8.70. The quantitative estimate of drug-likeness (QED) is 0.530. The van der Waals surface area contributed by atoms with E-state index in [2.05, 4.69) is 11.9 Å². The topological polar surface area (TPSA) is 12.4 Å². The molecule has 0 bridgehead atoms. The first-order chi connectivity index (χ1) is 4.16. The molecule has 0 N–H and O–H groups in total. The van der Waals surface area contributed by atoms with Gasteiger partial charge in [-0.3, -0.25) is 4.99 Å². The Bertz CT molecular complexity index is 132. The van der Waals surface area contributed by atoms with Crippen LogP contribution in [0.5, 0.6) is 0 Å². The molecule has 0 aromatic heterocycles. The van der Waals surface area contributed by atoms with E-state index in [0.717, 1.165) is 17.2 Å². The van der Waals surface area contributed by atoms with E-state index in [1.807, 2.05) is 13.8 Å². The third-order valence-electron chi connectivity index (χ3n) is 0.974. The van der Waals surface area contributed by atoms with Crippen molar-refractivity contribution in [3.8, 4) is 0 Å². The van der Waals surface area contributed by atoms with Crippen molar-refractivity contribution in [3.63, 3.8) is 0 Å². The zero-order valence-electron chi connectivity index (χ0n) is 6.11. The second kappa shape index (κ2) is 4.57. The molecule has 0 rings (SSSR count). The third kappa shape index (κ3) is 5.57. The van der Waals surface area contributed by atoms with E-state index in [0.29, 0.717) is 0 Å². The van der Waals surface area contributed by atoms with Crippen molar-refractivity contribution >= 4 is 17.3 Å². The van der Waals surface area contributed by atoms with Crippen molar-refractivity contribution in [2.45, 2.75) is 27.2 Å². The molecular weight excluding hydrogens is 134 g/mol. The number of aliphatic imine (C=N–C) groups is 1. The summed E-state index contributed by atoms with van der Waals surface area (Å²) in [5.74, 6) is 0. The Labute approximate surface area is 61.4 Å². The van der Waals surface area contributed by atoms with Crippen LogP contribution >= 0.6 is 11.6 Å². The van der Waals surface area contributed by atoms with Gasteiger partial charge in [0.25, 0.3) is 0 Å². The van der Waals surface area contributed by atoms with Gasteiger partial charge in [-0.25, -0.2) is 0 Å². The summed E-state index contributed by atoms with van der Waals surface area (Å²) in [7, 11) is 0. The minimum absolute atomic E-state index is 0.725. The molecule has 0 aromatic carbocycles. The SMILES string of the molecule is CCC(C)=N/C=C(\C)Cl. The molecule has 9 heavy (non-hydrogen) atoms. The lowest BCUT2D eigenvalue weighted by Gasteiger charge is -1.88. The summed E-state index contributed by atoms with van der Waals surface area (Å²) in [4.78, 5) is 4.06. The third-order valence-corrected chi connectivity index (χ3v) is 1.07. The lowest BCUT2D eigenvalue weighted by atomic mass is 10.3. The van der Waals surface area contributed by atoms with Crippen molar-refractivity contribution in [2.75, 3.05) is 0 Å². The van der Waals surface area contributed by atoms with Crippen LogP contribution in [0.25, 0.3) is 0 Å². The highest BCUT2D eigenvalue weighted by molar-refractivity contribution is 6.29. The maximum atomic E-state index is 5.53. The van der Waals surface area contributed by atoms with Gasteiger partial charge in [0.2, 0.25) is 0 Å². The maximum Gasteiger partial charge on any atom is 0.0409 e. The van der Waals surface area contributed by atoms with Gasteiger partial charge in [-0.15, -0.1) is 0 Å². The van der Waals surface area contributed by atoms with Gasteiger partial charge in [0.05, 0.1) is 0 Å². The molecule has 0 fully saturated rings. The van der Waals surface area contributed by atoms with Crippen LogP contribution < -0.4 is 0 Å². The smallest absolute Gasteiger partial charge is 0.0409 e. The molecule has 0 saturated heterocycles. The predicted molar refractivity (Wildman–Crippen MR) is 43.0 cm³/mol. The van der Waals surface area contributed by atoms with Crippen LogP contribution in [0.2, 0.25) is 0 Å². The molecule has 0 heterocycles. The van der Waals surface area contributed by atoms with E-state index in [4.69, 9.17) is 11.6 Å². The minimum Gasteiger partial charge on any atom is -0.265 e. The van der Waals surface area contributed by atoms with Gasteiger partial charge in [-0.05, 0) is 20.3 Å². The fraction of sp³-hybridized carbons (Fsp3) is 0.571. The van der Waals surface area contributed by atoms with Crippen molar-refractivity contribution in [1.29, 1.82) is 0 Å². The Hall–Kier alpha value is -0.300. The normalized spacial score (nSPS) is 14.2. The van der Waals surface area contributed by atoms with E-state index in [1.165, 1.54) is 0 Å². The maximum absolute atomic E-state index is 5.53. The van der Waals surface area contributed by atoms with Gasteiger partial charge in [0, 0.05) is 16.9 Å². The van der Waals surface area contributed by atoms with Crippen LogP contribution in [0.3, 0.4) is 0 Å². The van der Waals surface area contributed by atoms with Gasteiger partial charge in [0.1, 0.15) is 0 Å². The highest BCUT2D eigenvalue weighted by Crippen LogP contribution is 1.98. The van der Waals surface area contributed by atoms with Crippen molar-refractivity contribution < 1.29 is 0 Å². The van der Waals surface area contributed by atoms with Crippen LogP contribution in [-0.2, 0) is 0 Å². The van der Waals surface area contributed by atoms with Gasteiger partial charge in [-0.2, -0.15) is 0 Å². The van der Waals surface area contributed by atoms with Crippen LogP contribution in [0.4, 0.5) is 0 Å². The molecule has 1 nitrogen and oxygen atoms in total. The number of hydrogen-bond donors (Lipinski definition) is 0. The van der Waals surface area contributed by atoms with E-state index >= 15 is 0 Å². The molecular formula is C7H12ClN. The Kier molecular flexibility index (Phi) is 4.41. The van der Waals surface area contributed by atoms with Gasteiger partial charge >= 0.3 is 0 Å². The number of nitrogens with zero attached hydrogens (tertiary/aromatic N) is 1. The van der Waals surface area contributed by atoms with Crippen LogP contribution in [-0.4, -0.2) is 5.71 Å². The largest absolute Gasteiger partial charge is 0.265 e. The molecule has 52 valence electrons. The summed E-state index contributed by atoms with van der Waals surface area (Å²) >= 11 is 5.53. The lowest BCUT2D eigenvalue weighted by Crippen LogP contribution is -1.83. The molecule has 2 heteroatoms. The highest BCUT2D eigenvalue weighted by atomic mass is 35.5. The summed E-state index contributed by atoms with van der Waals surface area (Å²) in [6, 6.07) is 0. The van der Waals surface area contributed by atoms with E-state index < -0.39 is 0 Å². The Morgan fingerprint density at radius 2 is 2.11 bits per heavy atom. The fourth-order valence-corrected chi connectivity index (χ4v) is 0.339. The molecule has 0 aromatic rings. The first-order valence-electron chi connectivity index (χ1n) is 3.02. The number of hydrogen-bond acceptors (Lipinski definition) is 1. The molecule has 0 aliphatic rings. The van der Waals surface area contributed by atoms with Gasteiger partial charge in [-0.1, -0.05) is 18.5 Å². The number of rotatable bonds is 2. The summed E-state index contributed by atoms with van der Waals surface area (Å²) < 4.78 is 0. The fourth-order valence-electron chi connectivity index (χ4n) is 0.290. The minimum atomic E-state index is 0.725. The van der Waals surface area contributed by atoms with Crippen LogP contribution in [0, 0.1) is 0 Å².